The summed E-state index contributed by atoms with van der Waals surface area (Å²) in [4.78, 5) is 22.5. The van der Waals surface area contributed by atoms with Crippen LogP contribution in [-0.2, 0) is 4.74 Å². The van der Waals surface area contributed by atoms with Gasteiger partial charge >= 0.3 is 0 Å². The molecular weight excluding hydrogens is 346 g/mol. The van der Waals surface area contributed by atoms with Gasteiger partial charge in [0.1, 0.15) is 11.4 Å². The van der Waals surface area contributed by atoms with Gasteiger partial charge in [-0.25, -0.2) is 15.4 Å². The molecule has 0 radical (unpaired) electrons. The number of nitrogens with one attached hydrogen (secondary N) is 2. The molecule has 8 heteroatoms. The highest BCUT2D eigenvalue weighted by Crippen LogP contribution is 2.06. The minimum Gasteiger partial charge on any atom is -0.379 e. The fourth-order valence-corrected chi connectivity index (χ4v) is 2.57. The van der Waals surface area contributed by atoms with Crippen molar-refractivity contribution >= 4 is 11.9 Å². The van der Waals surface area contributed by atoms with Gasteiger partial charge in [0, 0.05) is 37.8 Å². The van der Waals surface area contributed by atoms with Crippen LogP contribution < -0.4 is 10.8 Å². The predicted octanol–water partition coefficient (Wildman–Crippen LogP) is 0.740. The van der Waals surface area contributed by atoms with Crippen molar-refractivity contribution < 1.29 is 14.7 Å². The average molecular weight is 367 g/mol. The van der Waals surface area contributed by atoms with Gasteiger partial charge < -0.3 is 10.1 Å². The molecule has 0 unspecified atom stereocenters. The van der Waals surface area contributed by atoms with E-state index in [2.05, 4.69) is 32.0 Å². The summed E-state index contributed by atoms with van der Waals surface area (Å²) in [6, 6.07) is 10.9. The van der Waals surface area contributed by atoms with Crippen LogP contribution in [0.3, 0.4) is 0 Å². The lowest BCUT2D eigenvalue weighted by Crippen LogP contribution is -2.39. The van der Waals surface area contributed by atoms with Crippen LogP contribution in [0.4, 0.5) is 5.95 Å². The molecule has 1 amide bonds. The first-order valence-corrected chi connectivity index (χ1v) is 8.69. The Morgan fingerprint density at radius 3 is 2.70 bits per heavy atom. The van der Waals surface area contributed by atoms with Crippen molar-refractivity contribution in [2.45, 2.75) is 0 Å². The van der Waals surface area contributed by atoms with Crippen LogP contribution in [0, 0.1) is 11.8 Å². The highest BCUT2D eigenvalue weighted by atomic mass is 16.5. The number of ether oxygens (including phenoxy) is 1. The molecule has 3 rings (SSSR count). The number of rotatable bonds is 5. The summed E-state index contributed by atoms with van der Waals surface area (Å²) in [5, 5.41) is 12.0. The number of anilines is 1. The number of carbonyl (C=O) groups excluding carboxylic acids is 1. The predicted molar refractivity (Wildman–Crippen MR) is 99.5 cm³/mol. The lowest BCUT2D eigenvalue weighted by Gasteiger charge is -2.26. The number of amides is 1. The van der Waals surface area contributed by atoms with Gasteiger partial charge in [0.2, 0.25) is 5.95 Å². The molecule has 0 saturated carbocycles. The van der Waals surface area contributed by atoms with Crippen LogP contribution in [0.1, 0.15) is 21.7 Å². The molecule has 3 N–H and O–H groups in total. The molecule has 0 aliphatic carbocycles. The minimum absolute atomic E-state index is 0.0405. The fraction of sp³-hybridized carbons (Fsp3) is 0.316. The first-order valence-electron chi connectivity index (χ1n) is 8.69. The molecule has 0 spiro atoms. The summed E-state index contributed by atoms with van der Waals surface area (Å²) in [5.74, 6) is 5.51. The maximum absolute atomic E-state index is 11.8. The second kappa shape index (κ2) is 9.64. The molecule has 1 fully saturated rings. The van der Waals surface area contributed by atoms with Crippen LogP contribution in [-0.4, -0.2) is 65.4 Å². The lowest BCUT2D eigenvalue weighted by atomic mass is 10.2. The zero-order valence-electron chi connectivity index (χ0n) is 14.8. The van der Waals surface area contributed by atoms with Gasteiger partial charge in [-0.2, -0.15) is 0 Å². The van der Waals surface area contributed by atoms with Crippen molar-refractivity contribution in [1.82, 2.24) is 20.3 Å². The molecule has 1 aromatic heterocycles. The molecule has 2 heterocycles. The second-order valence-electron chi connectivity index (χ2n) is 5.90. The molecule has 8 nitrogen and oxygen atoms in total. The topological polar surface area (TPSA) is 99.6 Å². The number of hydroxylamine groups is 1. The molecule has 1 saturated heterocycles. The smallest absolute Gasteiger partial charge is 0.293 e. The Balaban J connectivity index is 1.72. The van der Waals surface area contributed by atoms with Gasteiger partial charge in [-0.3, -0.25) is 14.9 Å². The Morgan fingerprint density at radius 2 is 1.96 bits per heavy atom. The number of nitrogens with zero attached hydrogens (tertiary/aromatic N) is 3. The van der Waals surface area contributed by atoms with E-state index in [0.29, 0.717) is 18.2 Å². The normalized spacial score (nSPS) is 14.1. The highest BCUT2D eigenvalue weighted by Gasteiger charge is 2.12. The first kappa shape index (κ1) is 18.8. The summed E-state index contributed by atoms with van der Waals surface area (Å²) in [6.45, 7) is 4.69. The Hall–Kier alpha value is -2.99. The Bertz CT molecular complexity index is 826. The lowest BCUT2D eigenvalue weighted by molar-refractivity contribution is 0.0398. The maximum atomic E-state index is 11.8. The number of hydrogen-bond donors (Lipinski definition) is 3. The Morgan fingerprint density at radius 1 is 1.19 bits per heavy atom. The largest absolute Gasteiger partial charge is 0.379 e. The molecule has 27 heavy (non-hydrogen) atoms. The van der Waals surface area contributed by atoms with Crippen LogP contribution in [0.15, 0.2) is 36.4 Å². The number of morpholine rings is 1. The average Bonchev–Trinajstić information content (AvgIpc) is 2.73. The molecule has 1 aliphatic rings. The van der Waals surface area contributed by atoms with Crippen LogP contribution >= 0.6 is 0 Å². The molecule has 0 atom stereocenters. The third kappa shape index (κ3) is 5.76. The van der Waals surface area contributed by atoms with E-state index in [1.807, 2.05) is 30.3 Å². The van der Waals surface area contributed by atoms with E-state index in [1.54, 1.807) is 5.48 Å². The summed E-state index contributed by atoms with van der Waals surface area (Å²) in [5.41, 5.74) is 2.86. The van der Waals surface area contributed by atoms with Crippen molar-refractivity contribution in [3.63, 3.8) is 0 Å². The molecule has 1 aliphatic heterocycles. The molecule has 1 aromatic carbocycles. The molecule has 0 bridgehead atoms. The zero-order valence-corrected chi connectivity index (χ0v) is 14.8. The molecular formula is C19H21N5O3. The number of carbonyl (C=O) groups is 1. The monoisotopic (exact) mass is 367 g/mol. The fourth-order valence-electron chi connectivity index (χ4n) is 2.57. The molecule has 2 aromatic rings. The molecule has 140 valence electrons. The second-order valence-corrected chi connectivity index (χ2v) is 5.90. The van der Waals surface area contributed by atoms with Gasteiger partial charge in [-0.05, 0) is 18.1 Å². The van der Waals surface area contributed by atoms with E-state index in [1.165, 1.54) is 6.07 Å². The van der Waals surface area contributed by atoms with Crippen molar-refractivity contribution in [3.05, 3.63) is 53.3 Å². The van der Waals surface area contributed by atoms with E-state index in [9.17, 15) is 4.79 Å². The van der Waals surface area contributed by atoms with E-state index < -0.39 is 5.91 Å². The van der Waals surface area contributed by atoms with Crippen LogP contribution in [0.2, 0.25) is 0 Å². The third-order valence-corrected chi connectivity index (χ3v) is 3.98. The van der Waals surface area contributed by atoms with Crippen molar-refractivity contribution in [3.8, 4) is 11.8 Å². The van der Waals surface area contributed by atoms with Gasteiger partial charge in [0.05, 0.1) is 13.2 Å². The quantitative estimate of drug-likeness (QED) is 0.407. The highest BCUT2D eigenvalue weighted by molar-refractivity contribution is 5.91. The van der Waals surface area contributed by atoms with Gasteiger partial charge in [0.15, 0.2) is 0 Å². The van der Waals surface area contributed by atoms with Crippen LogP contribution in [0.25, 0.3) is 0 Å². The van der Waals surface area contributed by atoms with Crippen LogP contribution in [0.5, 0.6) is 0 Å². The van der Waals surface area contributed by atoms with Gasteiger partial charge in [0.25, 0.3) is 5.91 Å². The van der Waals surface area contributed by atoms with Crippen molar-refractivity contribution in [2.75, 3.05) is 44.7 Å². The SMILES string of the molecule is O=C(NO)c1cc(C#Cc2ccccc2)nc(NCCN2CCOCC2)n1. The number of benzene rings is 1. The third-order valence-electron chi connectivity index (χ3n) is 3.98. The van der Waals surface area contributed by atoms with E-state index in [0.717, 1.165) is 38.4 Å². The summed E-state index contributed by atoms with van der Waals surface area (Å²) in [7, 11) is 0. The van der Waals surface area contributed by atoms with E-state index in [4.69, 9.17) is 9.94 Å². The van der Waals surface area contributed by atoms with Crippen molar-refractivity contribution in [1.29, 1.82) is 0 Å². The zero-order chi connectivity index (χ0) is 18.9. The Labute approximate surface area is 157 Å². The minimum atomic E-state index is -0.712. The summed E-state index contributed by atoms with van der Waals surface area (Å²) < 4.78 is 5.33. The number of hydrogen-bond acceptors (Lipinski definition) is 7. The Kier molecular flexibility index (Phi) is 6.71. The summed E-state index contributed by atoms with van der Waals surface area (Å²) in [6.07, 6.45) is 0. The van der Waals surface area contributed by atoms with Gasteiger partial charge in [-0.1, -0.05) is 24.1 Å². The standard InChI is InChI=1S/C19H21N5O3/c25-18(23-26)17-14-16(7-6-15-4-2-1-3-5-15)21-19(22-17)20-8-9-24-10-12-27-13-11-24/h1-5,14,26H,8-13H2,(H,23,25)(H,20,21,22). The summed E-state index contributed by atoms with van der Waals surface area (Å²) >= 11 is 0. The first-order chi connectivity index (χ1) is 13.2. The number of aromatic nitrogens is 2. The van der Waals surface area contributed by atoms with E-state index >= 15 is 0 Å². The maximum Gasteiger partial charge on any atom is 0.293 e. The van der Waals surface area contributed by atoms with Gasteiger partial charge in [-0.15, -0.1) is 0 Å². The van der Waals surface area contributed by atoms with Crippen molar-refractivity contribution in [2.24, 2.45) is 0 Å². The van der Waals surface area contributed by atoms with E-state index in [-0.39, 0.29) is 5.69 Å².